The van der Waals surface area contributed by atoms with Crippen LogP contribution in [-0.4, -0.2) is 52.2 Å². The van der Waals surface area contributed by atoms with Crippen LogP contribution in [0.15, 0.2) is 48.5 Å². The Balaban J connectivity index is 1.53. The summed E-state index contributed by atoms with van der Waals surface area (Å²) in [6.45, 7) is 0.328. The normalized spacial score (nSPS) is 16.0. The quantitative estimate of drug-likeness (QED) is 0.793. The molecular formula is C21H25N3O4. The number of rotatable bonds is 7. The first kappa shape index (κ1) is 19.5. The molecule has 7 heteroatoms. The highest BCUT2D eigenvalue weighted by Gasteiger charge is 2.31. The highest BCUT2D eigenvalue weighted by molar-refractivity contribution is 5.97. The number of anilines is 2. The van der Waals surface area contributed by atoms with Gasteiger partial charge in [-0.2, -0.15) is 0 Å². The molecule has 0 aromatic heterocycles. The average Bonchev–Trinajstić information content (AvgIpc) is 3.06. The minimum Gasteiger partial charge on any atom is -0.497 e. The molecule has 1 unspecified atom stereocenters. The third-order valence-electron chi connectivity index (χ3n) is 4.56. The number of nitrogens with one attached hydrogen (secondary N) is 1. The first-order valence-electron chi connectivity index (χ1n) is 9.10. The van der Waals surface area contributed by atoms with Gasteiger partial charge in [-0.3, -0.25) is 9.59 Å². The number of ether oxygens (including phenoxy) is 2. The SMILES string of the molecule is COc1cccc(N2CC(NC(=O)COc3cccc(N(C)C)c3)CC2=O)c1. The van der Waals surface area contributed by atoms with Gasteiger partial charge in [0.1, 0.15) is 11.5 Å². The maximum atomic E-state index is 12.3. The van der Waals surface area contributed by atoms with Gasteiger partial charge >= 0.3 is 0 Å². The van der Waals surface area contributed by atoms with Crippen LogP contribution in [0.1, 0.15) is 6.42 Å². The average molecular weight is 383 g/mol. The van der Waals surface area contributed by atoms with Gasteiger partial charge in [-0.15, -0.1) is 0 Å². The van der Waals surface area contributed by atoms with Gasteiger partial charge in [0.05, 0.1) is 13.2 Å². The monoisotopic (exact) mass is 383 g/mol. The van der Waals surface area contributed by atoms with Crippen LogP contribution in [0.4, 0.5) is 11.4 Å². The summed E-state index contributed by atoms with van der Waals surface area (Å²) in [7, 11) is 5.47. The zero-order chi connectivity index (χ0) is 20.1. The summed E-state index contributed by atoms with van der Waals surface area (Å²) in [5, 5.41) is 2.88. The van der Waals surface area contributed by atoms with Gasteiger partial charge in [0, 0.05) is 50.6 Å². The van der Waals surface area contributed by atoms with Crippen molar-refractivity contribution in [3.63, 3.8) is 0 Å². The lowest BCUT2D eigenvalue weighted by Crippen LogP contribution is -2.39. The Morgan fingerprint density at radius 1 is 1.18 bits per heavy atom. The summed E-state index contributed by atoms with van der Waals surface area (Å²) in [6.07, 6.45) is 0.263. The summed E-state index contributed by atoms with van der Waals surface area (Å²) in [5.74, 6) is 1.03. The fourth-order valence-corrected chi connectivity index (χ4v) is 3.10. The number of benzene rings is 2. The number of hydrogen-bond acceptors (Lipinski definition) is 5. The molecule has 1 saturated heterocycles. The molecule has 1 heterocycles. The molecule has 3 rings (SSSR count). The highest BCUT2D eigenvalue weighted by atomic mass is 16.5. The molecule has 1 aliphatic rings. The van der Waals surface area contributed by atoms with Crippen LogP contribution in [0.25, 0.3) is 0 Å². The second-order valence-electron chi connectivity index (χ2n) is 6.85. The van der Waals surface area contributed by atoms with Gasteiger partial charge in [0.2, 0.25) is 5.91 Å². The minimum absolute atomic E-state index is 0.0295. The first-order valence-corrected chi connectivity index (χ1v) is 9.10. The van der Waals surface area contributed by atoms with Crippen molar-refractivity contribution in [2.75, 3.05) is 44.2 Å². The van der Waals surface area contributed by atoms with E-state index in [9.17, 15) is 9.59 Å². The van der Waals surface area contributed by atoms with E-state index in [-0.39, 0.29) is 30.9 Å². The van der Waals surface area contributed by atoms with E-state index < -0.39 is 0 Å². The summed E-state index contributed by atoms with van der Waals surface area (Å²) in [5.41, 5.74) is 1.76. The third-order valence-corrected chi connectivity index (χ3v) is 4.56. The molecule has 0 spiro atoms. The van der Waals surface area contributed by atoms with Gasteiger partial charge in [0.15, 0.2) is 6.61 Å². The Labute approximate surface area is 164 Å². The second-order valence-corrected chi connectivity index (χ2v) is 6.85. The fourth-order valence-electron chi connectivity index (χ4n) is 3.10. The number of hydrogen-bond donors (Lipinski definition) is 1. The van der Waals surface area contributed by atoms with Crippen molar-refractivity contribution < 1.29 is 19.1 Å². The summed E-state index contributed by atoms with van der Waals surface area (Å²) < 4.78 is 10.8. The lowest BCUT2D eigenvalue weighted by Gasteiger charge is -2.18. The topological polar surface area (TPSA) is 71.1 Å². The van der Waals surface area contributed by atoms with Crippen LogP contribution >= 0.6 is 0 Å². The number of nitrogens with zero attached hydrogens (tertiary/aromatic N) is 2. The number of carbonyl (C=O) groups excluding carboxylic acids is 2. The fraction of sp³-hybridized carbons (Fsp3) is 0.333. The summed E-state index contributed by atoms with van der Waals surface area (Å²) in [6, 6.07) is 14.6. The number of carbonyl (C=O) groups is 2. The second kappa shape index (κ2) is 8.65. The molecule has 0 bridgehead atoms. The van der Waals surface area contributed by atoms with E-state index in [1.807, 2.05) is 67.5 Å². The zero-order valence-corrected chi connectivity index (χ0v) is 16.3. The third kappa shape index (κ3) is 4.73. The van der Waals surface area contributed by atoms with Gasteiger partial charge in [0.25, 0.3) is 5.91 Å². The Bertz CT molecular complexity index is 853. The molecular weight excluding hydrogens is 358 g/mol. The van der Waals surface area contributed by atoms with Crippen molar-refractivity contribution in [3.05, 3.63) is 48.5 Å². The molecule has 1 atom stereocenters. The largest absolute Gasteiger partial charge is 0.497 e. The molecule has 1 N–H and O–H groups in total. The molecule has 2 aromatic rings. The Morgan fingerprint density at radius 2 is 1.93 bits per heavy atom. The predicted octanol–water partition coefficient (Wildman–Crippen LogP) is 2.06. The smallest absolute Gasteiger partial charge is 0.258 e. The van der Waals surface area contributed by atoms with E-state index in [0.717, 1.165) is 11.4 Å². The van der Waals surface area contributed by atoms with Crippen LogP contribution in [0.3, 0.4) is 0 Å². The van der Waals surface area contributed by atoms with Crippen LogP contribution in [0.5, 0.6) is 11.5 Å². The Hall–Kier alpha value is -3.22. The summed E-state index contributed by atoms with van der Waals surface area (Å²) in [4.78, 5) is 28.2. The number of amides is 2. The van der Waals surface area contributed by atoms with Crippen molar-refractivity contribution in [1.29, 1.82) is 0 Å². The molecule has 0 aliphatic carbocycles. The maximum Gasteiger partial charge on any atom is 0.258 e. The van der Waals surface area contributed by atoms with Gasteiger partial charge < -0.3 is 24.6 Å². The van der Waals surface area contributed by atoms with Crippen molar-refractivity contribution >= 4 is 23.2 Å². The van der Waals surface area contributed by atoms with Gasteiger partial charge in [-0.1, -0.05) is 12.1 Å². The lowest BCUT2D eigenvalue weighted by molar-refractivity contribution is -0.123. The molecule has 7 nitrogen and oxygen atoms in total. The molecule has 0 radical (unpaired) electrons. The van der Waals surface area contributed by atoms with Crippen molar-refractivity contribution in [3.8, 4) is 11.5 Å². The molecule has 1 fully saturated rings. The molecule has 0 saturated carbocycles. The first-order chi connectivity index (χ1) is 13.5. The van der Waals surface area contributed by atoms with Crippen LogP contribution in [0.2, 0.25) is 0 Å². The van der Waals surface area contributed by atoms with E-state index in [4.69, 9.17) is 9.47 Å². The predicted molar refractivity (Wildman–Crippen MR) is 108 cm³/mol. The Morgan fingerprint density at radius 3 is 2.68 bits per heavy atom. The van der Waals surface area contributed by atoms with E-state index in [2.05, 4.69) is 5.32 Å². The van der Waals surface area contributed by atoms with E-state index in [1.165, 1.54) is 0 Å². The summed E-state index contributed by atoms with van der Waals surface area (Å²) >= 11 is 0. The Kier molecular flexibility index (Phi) is 6.03. The van der Waals surface area contributed by atoms with E-state index >= 15 is 0 Å². The van der Waals surface area contributed by atoms with Crippen molar-refractivity contribution in [2.45, 2.75) is 12.5 Å². The van der Waals surface area contributed by atoms with Crippen LogP contribution in [0, 0.1) is 0 Å². The maximum absolute atomic E-state index is 12.3. The van der Waals surface area contributed by atoms with E-state index in [1.54, 1.807) is 12.0 Å². The lowest BCUT2D eigenvalue weighted by atomic mass is 10.2. The standard InChI is InChI=1S/C21H25N3O4/c1-23(2)16-6-4-9-19(11-16)28-14-20(25)22-15-10-21(26)24(13-15)17-7-5-8-18(12-17)27-3/h4-9,11-12,15H,10,13-14H2,1-3H3,(H,22,25). The number of methoxy groups -OCH3 is 1. The highest BCUT2D eigenvalue weighted by Crippen LogP contribution is 2.25. The molecule has 148 valence electrons. The van der Waals surface area contributed by atoms with Crippen molar-refractivity contribution in [2.24, 2.45) is 0 Å². The zero-order valence-electron chi connectivity index (χ0n) is 16.3. The molecule has 2 aromatic carbocycles. The van der Waals surface area contributed by atoms with Crippen LogP contribution < -0.4 is 24.6 Å². The molecule has 1 aliphatic heterocycles. The van der Waals surface area contributed by atoms with E-state index in [0.29, 0.717) is 18.0 Å². The van der Waals surface area contributed by atoms with Crippen molar-refractivity contribution in [1.82, 2.24) is 5.32 Å². The minimum atomic E-state index is -0.249. The molecule has 28 heavy (non-hydrogen) atoms. The molecule has 2 amide bonds. The van der Waals surface area contributed by atoms with Gasteiger partial charge in [-0.25, -0.2) is 0 Å². The van der Waals surface area contributed by atoms with Crippen LogP contribution in [-0.2, 0) is 9.59 Å². The van der Waals surface area contributed by atoms with Gasteiger partial charge in [-0.05, 0) is 24.3 Å².